The van der Waals surface area contributed by atoms with Crippen molar-refractivity contribution in [1.82, 2.24) is 25.1 Å². The Hall–Kier alpha value is -3.42. The van der Waals surface area contributed by atoms with E-state index in [0.717, 1.165) is 36.9 Å². The van der Waals surface area contributed by atoms with Crippen molar-refractivity contribution < 1.29 is 14.3 Å². The van der Waals surface area contributed by atoms with Crippen molar-refractivity contribution in [3.63, 3.8) is 0 Å². The van der Waals surface area contributed by atoms with Crippen molar-refractivity contribution in [2.45, 2.75) is 37.8 Å². The Bertz CT molecular complexity index is 968. The Balaban J connectivity index is 1.23. The van der Waals surface area contributed by atoms with E-state index in [-0.39, 0.29) is 18.6 Å². The number of benzene rings is 1. The molecule has 1 fully saturated rings. The van der Waals surface area contributed by atoms with Gasteiger partial charge in [-0.25, -0.2) is 9.97 Å². The van der Waals surface area contributed by atoms with Gasteiger partial charge in [-0.05, 0) is 43.9 Å². The predicted octanol–water partition coefficient (Wildman–Crippen LogP) is 3.03. The molecule has 1 aromatic carbocycles. The van der Waals surface area contributed by atoms with E-state index >= 15 is 0 Å². The number of rotatable bonds is 7. The smallest absolute Gasteiger partial charge is 0.258 e. The summed E-state index contributed by atoms with van der Waals surface area (Å²) in [6.07, 6.45) is 10.9. The highest BCUT2D eigenvalue weighted by molar-refractivity contribution is 5.77. The Morgan fingerprint density at radius 1 is 1.20 bits per heavy atom. The van der Waals surface area contributed by atoms with E-state index in [1.54, 1.807) is 31.8 Å². The molecule has 0 saturated heterocycles. The predicted molar refractivity (Wildman–Crippen MR) is 111 cm³/mol. The van der Waals surface area contributed by atoms with Crippen LogP contribution in [0.25, 0.3) is 11.3 Å². The molecular formula is C22H25N5O3. The van der Waals surface area contributed by atoms with Gasteiger partial charge in [0, 0.05) is 30.1 Å². The van der Waals surface area contributed by atoms with Gasteiger partial charge in [0.25, 0.3) is 5.91 Å². The maximum atomic E-state index is 12.3. The van der Waals surface area contributed by atoms with Gasteiger partial charge in [-0.15, -0.1) is 0 Å². The average Bonchev–Trinajstić information content (AvgIpc) is 3.29. The van der Waals surface area contributed by atoms with Gasteiger partial charge in [-0.1, -0.05) is 6.07 Å². The molecule has 3 aromatic rings. The molecule has 0 bridgehead atoms. The summed E-state index contributed by atoms with van der Waals surface area (Å²) in [4.78, 5) is 20.5. The molecule has 8 nitrogen and oxygen atoms in total. The van der Waals surface area contributed by atoms with Crippen LogP contribution in [0.3, 0.4) is 0 Å². The lowest BCUT2D eigenvalue weighted by Crippen LogP contribution is -2.40. The highest BCUT2D eigenvalue weighted by atomic mass is 16.5. The average molecular weight is 407 g/mol. The van der Waals surface area contributed by atoms with Crippen LogP contribution in [0.5, 0.6) is 11.5 Å². The molecule has 0 spiro atoms. The van der Waals surface area contributed by atoms with Crippen molar-refractivity contribution in [3.8, 4) is 22.8 Å². The summed E-state index contributed by atoms with van der Waals surface area (Å²) in [5, 5.41) is 7.60. The van der Waals surface area contributed by atoms with E-state index in [1.165, 1.54) is 0 Å². The van der Waals surface area contributed by atoms with Crippen LogP contribution in [0.4, 0.5) is 0 Å². The fraction of sp³-hybridized carbons (Fsp3) is 0.364. The first-order chi connectivity index (χ1) is 14.7. The van der Waals surface area contributed by atoms with Crippen LogP contribution >= 0.6 is 0 Å². The molecule has 0 unspecified atom stereocenters. The summed E-state index contributed by atoms with van der Waals surface area (Å²) in [5.74, 6) is 1.21. The lowest BCUT2D eigenvalue weighted by atomic mass is 9.91. The zero-order valence-electron chi connectivity index (χ0n) is 16.9. The maximum absolute atomic E-state index is 12.3. The minimum atomic E-state index is -0.105. The quantitative estimate of drug-likeness (QED) is 0.647. The Morgan fingerprint density at radius 3 is 2.80 bits per heavy atom. The van der Waals surface area contributed by atoms with Crippen molar-refractivity contribution in [3.05, 3.63) is 55.2 Å². The van der Waals surface area contributed by atoms with E-state index < -0.39 is 0 Å². The minimum absolute atomic E-state index is 0.00541. The Morgan fingerprint density at radius 2 is 2.03 bits per heavy atom. The normalized spacial score (nSPS) is 18.6. The van der Waals surface area contributed by atoms with E-state index in [0.29, 0.717) is 17.5 Å². The number of amides is 1. The monoisotopic (exact) mass is 407 g/mol. The Kier molecular flexibility index (Phi) is 6.22. The number of aromatic nitrogens is 4. The number of carbonyl (C=O) groups is 1. The summed E-state index contributed by atoms with van der Waals surface area (Å²) in [6.45, 7) is -0.00541. The fourth-order valence-corrected chi connectivity index (χ4v) is 3.73. The van der Waals surface area contributed by atoms with Gasteiger partial charge in [0.15, 0.2) is 6.61 Å². The molecule has 8 heteroatoms. The van der Waals surface area contributed by atoms with Gasteiger partial charge in [0.1, 0.15) is 17.8 Å². The molecule has 30 heavy (non-hydrogen) atoms. The molecule has 1 amide bonds. The van der Waals surface area contributed by atoms with Crippen LogP contribution in [0.1, 0.15) is 31.7 Å². The summed E-state index contributed by atoms with van der Waals surface area (Å²) < 4.78 is 12.7. The third kappa shape index (κ3) is 4.94. The summed E-state index contributed by atoms with van der Waals surface area (Å²) >= 11 is 0. The molecule has 0 atom stereocenters. The first-order valence-corrected chi connectivity index (χ1v) is 10.1. The molecule has 1 aliphatic rings. The van der Waals surface area contributed by atoms with Crippen LogP contribution in [0.15, 0.2) is 55.2 Å². The maximum Gasteiger partial charge on any atom is 0.258 e. The second kappa shape index (κ2) is 9.39. The lowest BCUT2D eigenvalue weighted by molar-refractivity contribution is -0.124. The molecule has 2 heterocycles. The standard InChI is InChI=1S/C22H25N5O3/c1-29-19-3-2-4-20(11-19)30-14-22(28)26-17-5-7-18(8-6-17)27-13-16(12-25-27)21-9-10-23-15-24-21/h2-4,9-13,15,17-18H,5-8,14H2,1H3,(H,26,28). The van der Waals surface area contributed by atoms with Crippen LogP contribution in [-0.2, 0) is 4.79 Å². The summed E-state index contributed by atoms with van der Waals surface area (Å²) in [7, 11) is 1.60. The largest absolute Gasteiger partial charge is 0.497 e. The molecule has 0 radical (unpaired) electrons. The van der Waals surface area contributed by atoms with Crippen molar-refractivity contribution in [2.75, 3.05) is 13.7 Å². The number of ether oxygens (including phenoxy) is 2. The van der Waals surface area contributed by atoms with E-state index in [9.17, 15) is 4.79 Å². The van der Waals surface area contributed by atoms with E-state index in [4.69, 9.17) is 9.47 Å². The third-order valence-corrected chi connectivity index (χ3v) is 5.33. The van der Waals surface area contributed by atoms with E-state index in [1.807, 2.05) is 35.3 Å². The number of nitrogens with zero attached hydrogens (tertiary/aromatic N) is 4. The second-order valence-electron chi connectivity index (χ2n) is 7.34. The fourth-order valence-electron chi connectivity index (χ4n) is 3.73. The molecular weight excluding hydrogens is 382 g/mol. The van der Waals surface area contributed by atoms with Crippen LogP contribution in [0.2, 0.25) is 0 Å². The van der Waals surface area contributed by atoms with Crippen molar-refractivity contribution in [1.29, 1.82) is 0 Å². The number of methoxy groups -OCH3 is 1. The molecule has 1 aliphatic carbocycles. The summed E-state index contributed by atoms with van der Waals surface area (Å²) in [6, 6.07) is 9.61. The molecule has 156 valence electrons. The van der Waals surface area contributed by atoms with Crippen molar-refractivity contribution >= 4 is 5.91 Å². The lowest BCUT2D eigenvalue weighted by Gasteiger charge is -2.29. The SMILES string of the molecule is COc1cccc(OCC(=O)NC2CCC(n3cc(-c4ccncn4)cn3)CC2)c1. The summed E-state index contributed by atoms with van der Waals surface area (Å²) in [5.41, 5.74) is 1.86. The van der Waals surface area contributed by atoms with Gasteiger partial charge in [-0.2, -0.15) is 5.10 Å². The minimum Gasteiger partial charge on any atom is -0.497 e. The molecule has 4 rings (SSSR count). The second-order valence-corrected chi connectivity index (χ2v) is 7.34. The highest BCUT2D eigenvalue weighted by Gasteiger charge is 2.24. The third-order valence-electron chi connectivity index (χ3n) is 5.33. The topological polar surface area (TPSA) is 91.2 Å². The van der Waals surface area contributed by atoms with Gasteiger partial charge in [0.2, 0.25) is 0 Å². The molecule has 0 aliphatic heterocycles. The number of hydrogen-bond acceptors (Lipinski definition) is 6. The zero-order chi connectivity index (χ0) is 20.8. The van der Waals surface area contributed by atoms with Crippen LogP contribution < -0.4 is 14.8 Å². The van der Waals surface area contributed by atoms with Gasteiger partial charge in [0.05, 0.1) is 25.0 Å². The van der Waals surface area contributed by atoms with Gasteiger partial charge >= 0.3 is 0 Å². The van der Waals surface area contributed by atoms with Gasteiger partial charge < -0.3 is 14.8 Å². The van der Waals surface area contributed by atoms with Gasteiger partial charge in [-0.3, -0.25) is 9.48 Å². The zero-order valence-corrected chi connectivity index (χ0v) is 16.9. The first-order valence-electron chi connectivity index (χ1n) is 10.1. The van der Waals surface area contributed by atoms with Crippen LogP contribution in [-0.4, -0.2) is 45.4 Å². The number of hydrogen-bond donors (Lipinski definition) is 1. The molecule has 1 N–H and O–H groups in total. The molecule has 2 aromatic heterocycles. The Labute approximate surface area is 175 Å². The first kappa shape index (κ1) is 19.9. The number of carbonyl (C=O) groups excluding carboxylic acids is 1. The van der Waals surface area contributed by atoms with E-state index in [2.05, 4.69) is 20.4 Å². The number of nitrogens with one attached hydrogen (secondary N) is 1. The molecule has 1 saturated carbocycles. The highest BCUT2D eigenvalue weighted by Crippen LogP contribution is 2.29. The van der Waals surface area contributed by atoms with Crippen LogP contribution in [0, 0.1) is 0 Å². The van der Waals surface area contributed by atoms with Crippen molar-refractivity contribution in [2.24, 2.45) is 0 Å².